The molecule has 0 unspecified atom stereocenters. The van der Waals surface area contributed by atoms with Crippen molar-refractivity contribution in [2.45, 2.75) is 19.4 Å². The van der Waals surface area contributed by atoms with Gasteiger partial charge in [0.1, 0.15) is 12.4 Å². The highest BCUT2D eigenvalue weighted by molar-refractivity contribution is 5.94. The Morgan fingerprint density at radius 1 is 1.16 bits per heavy atom. The average molecular weight is 339 g/mol. The first-order chi connectivity index (χ1) is 12.2. The van der Waals surface area contributed by atoms with Gasteiger partial charge >= 0.3 is 0 Å². The monoisotopic (exact) mass is 339 g/mol. The van der Waals surface area contributed by atoms with Crippen LogP contribution in [0.25, 0.3) is 6.08 Å². The average Bonchev–Trinajstić information content (AvgIpc) is 2.67. The van der Waals surface area contributed by atoms with E-state index >= 15 is 0 Å². The van der Waals surface area contributed by atoms with Crippen LogP contribution in [0.5, 0.6) is 5.75 Å². The van der Waals surface area contributed by atoms with Crippen LogP contribution in [0, 0.1) is 0 Å². The van der Waals surface area contributed by atoms with Crippen LogP contribution in [0.15, 0.2) is 54.6 Å². The fourth-order valence-corrected chi connectivity index (χ4v) is 2.53. The van der Waals surface area contributed by atoms with E-state index in [4.69, 9.17) is 9.84 Å². The number of carbonyl (C=O) groups excluding carboxylic acids is 1. The van der Waals surface area contributed by atoms with Crippen LogP contribution in [-0.4, -0.2) is 31.2 Å². The topological polar surface area (TPSA) is 58.6 Å². The fourth-order valence-electron chi connectivity index (χ4n) is 2.53. The number of aliphatic hydroxyl groups excluding tert-OH is 1. The van der Waals surface area contributed by atoms with Crippen molar-refractivity contribution in [1.82, 2.24) is 5.32 Å². The summed E-state index contributed by atoms with van der Waals surface area (Å²) >= 11 is 0. The molecule has 0 saturated heterocycles. The number of hydrogen-bond acceptors (Lipinski definition) is 4. The van der Waals surface area contributed by atoms with Crippen molar-refractivity contribution in [2.75, 3.05) is 20.3 Å². The number of aryl methyl sites for hydroxylation is 1. The molecule has 0 atom stereocenters. The van der Waals surface area contributed by atoms with E-state index in [1.807, 2.05) is 42.5 Å². The molecule has 132 valence electrons. The fraction of sp³-hybridized carbons (Fsp3) is 0.286. The zero-order valence-electron chi connectivity index (χ0n) is 14.6. The van der Waals surface area contributed by atoms with Crippen LogP contribution in [-0.2, 0) is 17.8 Å². The zero-order chi connectivity index (χ0) is 17.9. The molecule has 4 nitrogen and oxygen atoms in total. The van der Waals surface area contributed by atoms with Crippen LogP contribution in [0.3, 0.4) is 0 Å². The summed E-state index contributed by atoms with van der Waals surface area (Å²) in [4.78, 5) is 11.0. The molecule has 0 aromatic heterocycles. The summed E-state index contributed by atoms with van der Waals surface area (Å²) in [6.45, 7) is 1.30. The van der Waals surface area contributed by atoms with E-state index in [0.29, 0.717) is 0 Å². The predicted molar refractivity (Wildman–Crippen MR) is 101 cm³/mol. The molecule has 2 N–H and O–H groups in total. The minimum atomic E-state index is -0.451. The van der Waals surface area contributed by atoms with Gasteiger partial charge in [-0.05, 0) is 48.2 Å². The molecule has 2 rings (SSSR count). The third-order valence-corrected chi connectivity index (χ3v) is 3.92. The molecule has 0 bridgehead atoms. The molecule has 4 heteroatoms. The first-order valence-electron chi connectivity index (χ1n) is 8.46. The number of benzene rings is 2. The Kier molecular flexibility index (Phi) is 7.89. The quantitative estimate of drug-likeness (QED) is 0.516. The number of para-hydroxylation sites is 1. The lowest BCUT2D eigenvalue weighted by atomic mass is 10.1. The van der Waals surface area contributed by atoms with Gasteiger partial charge in [0, 0.05) is 6.54 Å². The Balaban J connectivity index is 1.71. The lowest BCUT2D eigenvalue weighted by Gasteiger charge is -2.09. The largest absolute Gasteiger partial charge is 0.496 e. The maximum atomic E-state index is 11.0. The molecular weight excluding hydrogens is 314 g/mol. The van der Waals surface area contributed by atoms with Crippen molar-refractivity contribution in [3.8, 4) is 5.75 Å². The maximum Gasteiger partial charge on any atom is 0.181 e. The highest BCUT2D eigenvalue weighted by Gasteiger charge is 2.01. The van der Waals surface area contributed by atoms with Gasteiger partial charge in [-0.2, -0.15) is 0 Å². The molecule has 0 amide bonds. The molecule has 0 fully saturated rings. The van der Waals surface area contributed by atoms with Crippen LogP contribution in [0.2, 0.25) is 0 Å². The Morgan fingerprint density at radius 2 is 1.92 bits per heavy atom. The Labute approximate surface area is 149 Å². The summed E-state index contributed by atoms with van der Waals surface area (Å²) in [6, 6.07) is 16.1. The number of methoxy groups -OCH3 is 1. The van der Waals surface area contributed by atoms with Crippen LogP contribution < -0.4 is 10.1 Å². The first-order valence-corrected chi connectivity index (χ1v) is 8.46. The van der Waals surface area contributed by atoms with Gasteiger partial charge in [-0.1, -0.05) is 48.5 Å². The van der Waals surface area contributed by atoms with E-state index in [-0.39, 0.29) is 5.78 Å². The van der Waals surface area contributed by atoms with E-state index < -0.39 is 6.61 Å². The minimum absolute atomic E-state index is 0.291. The number of carbonyl (C=O) groups is 1. The lowest BCUT2D eigenvalue weighted by molar-refractivity contribution is -0.117. The molecule has 0 spiro atoms. The summed E-state index contributed by atoms with van der Waals surface area (Å²) in [5, 5.41) is 12.1. The summed E-state index contributed by atoms with van der Waals surface area (Å²) in [5.74, 6) is 0.659. The van der Waals surface area contributed by atoms with E-state index in [2.05, 4.69) is 11.4 Å². The number of ether oxygens (including phenoxy) is 1. The third kappa shape index (κ3) is 6.53. The molecular formula is C21H25NO3. The van der Waals surface area contributed by atoms with Gasteiger partial charge < -0.3 is 15.2 Å². The summed E-state index contributed by atoms with van der Waals surface area (Å²) < 4.78 is 5.36. The van der Waals surface area contributed by atoms with Crippen molar-refractivity contribution >= 4 is 11.9 Å². The van der Waals surface area contributed by atoms with Gasteiger partial charge in [0.2, 0.25) is 0 Å². The highest BCUT2D eigenvalue weighted by Crippen LogP contribution is 2.18. The van der Waals surface area contributed by atoms with Crippen LogP contribution in [0.1, 0.15) is 23.1 Å². The zero-order valence-corrected chi connectivity index (χ0v) is 14.6. The number of rotatable bonds is 10. The molecule has 0 heterocycles. The smallest absolute Gasteiger partial charge is 0.181 e. The van der Waals surface area contributed by atoms with E-state index in [1.54, 1.807) is 13.2 Å². The first kappa shape index (κ1) is 18.9. The number of nitrogens with one attached hydrogen (secondary N) is 1. The van der Waals surface area contributed by atoms with Gasteiger partial charge in [-0.25, -0.2) is 0 Å². The number of aliphatic hydroxyl groups is 1. The molecule has 0 aliphatic carbocycles. The summed E-state index contributed by atoms with van der Waals surface area (Å²) in [5.41, 5.74) is 3.38. The number of hydrogen-bond donors (Lipinski definition) is 2. The van der Waals surface area contributed by atoms with Crippen molar-refractivity contribution in [3.63, 3.8) is 0 Å². The van der Waals surface area contributed by atoms with E-state index in [1.165, 1.54) is 17.2 Å². The molecule has 0 aliphatic heterocycles. The second-order valence-electron chi connectivity index (χ2n) is 5.79. The standard InChI is InChI=1S/C21H25NO3/c1-25-21-7-3-2-5-19(21)6-4-14-22-15-18-10-8-17(9-11-18)12-13-20(24)16-23/h2-3,5,7-13,22-23H,4,6,14-16H2,1H3/b13-12+. The maximum absolute atomic E-state index is 11.0. The second kappa shape index (κ2) is 10.4. The van der Waals surface area contributed by atoms with Gasteiger partial charge in [-0.3, -0.25) is 4.79 Å². The van der Waals surface area contributed by atoms with Gasteiger partial charge in [0.25, 0.3) is 0 Å². The van der Waals surface area contributed by atoms with Gasteiger partial charge in [-0.15, -0.1) is 0 Å². The SMILES string of the molecule is COc1ccccc1CCCNCc1ccc(/C=C/C(=O)CO)cc1. The van der Waals surface area contributed by atoms with Crippen molar-refractivity contribution in [1.29, 1.82) is 0 Å². The minimum Gasteiger partial charge on any atom is -0.496 e. The summed E-state index contributed by atoms with van der Waals surface area (Å²) in [7, 11) is 1.70. The normalized spacial score (nSPS) is 11.0. The van der Waals surface area contributed by atoms with Crippen LogP contribution in [0.4, 0.5) is 0 Å². The Hall–Kier alpha value is -2.43. The molecule has 0 saturated carbocycles. The molecule has 0 radical (unpaired) electrons. The molecule has 25 heavy (non-hydrogen) atoms. The third-order valence-electron chi connectivity index (χ3n) is 3.92. The van der Waals surface area contributed by atoms with Crippen molar-refractivity contribution in [2.24, 2.45) is 0 Å². The Bertz CT molecular complexity index is 693. The lowest BCUT2D eigenvalue weighted by Crippen LogP contribution is -2.15. The van der Waals surface area contributed by atoms with E-state index in [0.717, 1.165) is 37.2 Å². The predicted octanol–water partition coefficient (Wildman–Crippen LogP) is 2.99. The number of ketones is 1. The van der Waals surface area contributed by atoms with E-state index in [9.17, 15) is 4.79 Å². The Morgan fingerprint density at radius 3 is 2.64 bits per heavy atom. The highest BCUT2D eigenvalue weighted by atomic mass is 16.5. The second-order valence-corrected chi connectivity index (χ2v) is 5.79. The van der Waals surface area contributed by atoms with Gasteiger partial charge in [0.05, 0.1) is 7.11 Å². The van der Waals surface area contributed by atoms with Crippen molar-refractivity contribution in [3.05, 3.63) is 71.3 Å². The van der Waals surface area contributed by atoms with Gasteiger partial charge in [0.15, 0.2) is 5.78 Å². The molecule has 0 aliphatic rings. The summed E-state index contributed by atoms with van der Waals surface area (Å²) in [6.07, 6.45) is 5.14. The molecule has 2 aromatic carbocycles. The van der Waals surface area contributed by atoms with Crippen molar-refractivity contribution < 1.29 is 14.6 Å². The van der Waals surface area contributed by atoms with Crippen LogP contribution >= 0.6 is 0 Å². The molecule has 2 aromatic rings.